The molecule has 3 aromatic heterocycles. The number of carbonyl (C=O) groups excluding carboxylic acids is 2. The highest BCUT2D eigenvalue weighted by atomic mass is 32.1. The van der Waals surface area contributed by atoms with Crippen molar-refractivity contribution in [3.8, 4) is 0 Å². The molecule has 5 rings (SSSR count). The van der Waals surface area contributed by atoms with Crippen molar-refractivity contribution in [3.63, 3.8) is 0 Å². The van der Waals surface area contributed by atoms with Crippen LogP contribution >= 0.6 is 11.3 Å². The van der Waals surface area contributed by atoms with E-state index in [-0.39, 0.29) is 11.7 Å². The minimum atomic E-state index is -0.252. The van der Waals surface area contributed by atoms with Crippen molar-refractivity contribution in [2.24, 2.45) is 0 Å². The van der Waals surface area contributed by atoms with Crippen LogP contribution in [-0.4, -0.2) is 26.6 Å². The molecule has 2 aromatic carbocycles. The molecular formula is C26H21N5O2S. The number of benzene rings is 2. The Morgan fingerprint density at radius 3 is 2.56 bits per heavy atom. The monoisotopic (exact) mass is 467 g/mol. The largest absolute Gasteiger partial charge is 0.382 e. The van der Waals surface area contributed by atoms with E-state index in [1.165, 1.54) is 17.7 Å². The Hall–Kier alpha value is -4.17. The van der Waals surface area contributed by atoms with Crippen molar-refractivity contribution in [2.75, 3.05) is 11.1 Å². The van der Waals surface area contributed by atoms with E-state index < -0.39 is 0 Å². The van der Waals surface area contributed by atoms with Gasteiger partial charge in [-0.15, -0.1) is 11.3 Å². The molecule has 3 N–H and O–H groups in total. The molecule has 0 spiro atoms. The Morgan fingerprint density at radius 1 is 1.00 bits per heavy atom. The van der Waals surface area contributed by atoms with E-state index in [1.54, 1.807) is 18.5 Å². The van der Waals surface area contributed by atoms with E-state index >= 15 is 0 Å². The number of Topliss-reactive ketones (excluding diaryl/α,β-unsaturated/α-hetero) is 1. The van der Waals surface area contributed by atoms with Crippen LogP contribution in [-0.2, 0) is 6.42 Å². The van der Waals surface area contributed by atoms with E-state index in [0.29, 0.717) is 33.6 Å². The van der Waals surface area contributed by atoms with Gasteiger partial charge >= 0.3 is 0 Å². The third-order valence-corrected chi connectivity index (χ3v) is 6.82. The number of carbonyl (C=O) groups is 2. The molecule has 0 aliphatic heterocycles. The number of nitrogen functional groups attached to an aromatic ring is 1. The molecule has 0 bridgehead atoms. The molecule has 0 aliphatic carbocycles. The predicted molar refractivity (Wildman–Crippen MR) is 136 cm³/mol. The SMILES string of the molecule is CC(=O)c1ccc(Cc2nccc3c(NC(=O)c4csc5c(N)ncnc45)c(C)ccc23)cc1. The van der Waals surface area contributed by atoms with Gasteiger partial charge in [-0.05, 0) is 31.0 Å². The number of amides is 1. The highest BCUT2D eigenvalue weighted by Gasteiger charge is 2.18. The lowest BCUT2D eigenvalue weighted by molar-refractivity contribution is 0.101. The van der Waals surface area contributed by atoms with Gasteiger partial charge < -0.3 is 11.1 Å². The van der Waals surface area contributed by atoms with Crippen molar-refractivity contribution in [3.05, 3.63) is 88.3 Å². The summed E-state index contributed by atoms with van der Waals surface area (Å²) >= 11 is 1.35. The first kappa shape index (κ1) is 21.7. The molecule has 168 valence electrons. The molecule has 34 heavy (non-hydrogen) atoms. The van der Waals surface area contributed by atoms with Crippen molar-refractivity contribution in [2.45, 2.75) is 20.3 Å². The van der Waals surface area contributed by atoms with Crippen molar-refractivity contribution in [1.82, 2.24) is 15.0 Å². The van der Waals surface area contributed by atoms with Gasteiger partial charge in [0, 0.05) is 34.3 Å². The molecule has 7 nitrogen and oxygen atoms in total. The summed E-state index contributed by atoms with van der Waals surface area (Å²) in [4.78, 5) is 37.6. The van der Waals surface area contributed by atoms with Gasteiger partial charge in [-0.1, -0.05) is 36.4 Å². The van der Waals surface area contributed by atoms with Crippen LogP contribution in [0.15, 0.2) is 60.4 Å². The number of nitrogens with one attached hydrogen (secondary N) is 1. The standard InChI is InChI=1S/C26H21N5O2S/c1-14-3-8-18-19(9-10-28-21(18)11-16-4-6-17(7-5-16)15(2)32)22(14)31-26(33)20-12-34-24-23(20)29-13-30-25(24)27/h3-10,12-13H,11H2,1-2H3,(H,31,33)(H2,27,29,30). The number of hydrogen-bond acceptors (Lipinski definition) is 7. The zero-order valence-electron chi connectivity index (χ0n) is 18.6. The van der Waals surface area contributed by atoms with E-state index in [1.807, 2.05) is 49.4 Å². The lowest BCUT2D eigenvalue weighted by Crippen LogP contribution is -2.13. The highest BCUT2D eigenvalue weighted by molar-refractivity contribution is 7.18. The Kier molecular flexibility index (Phi) is 5.51. The van der Waals surface area contributed by atoms with Crippen LogP contribution in [0, 0.1) is 6.92 Å². The summed E-state index contributed by atoms with van der Waals surface area (Å²) < 4.78 is 0.699. The summed E-state index contributed by atoms with van der Waals surface area (Å²) in [6, 6.07) is 13.5. The number of thiophene rings is 1. The second-order valence-corrected chi connectivity index (χ2v) is 8.96. The second kappa shape index (κ2) is 8.64. The Balaban J connectivity index is 1.50. The van der Waals surface area contributed by atoms with Crippen LogP contribution in [0.1, 0.15) is 44.5 Å². The minimum absolute atomic E-state index is 0.0400. The first-order valence-electron chi connectivity index (χ1n) is 10.7. The molecular weight excluding hydrogens is 446 g/mol. The molecule has 0 radical (unpaired) electrons. The van der Waals surface area contributed by atoms with Gasteiger partial charge in [-0.3, -0.25) is 14.6 Å². The van der Waals surface area contributed by atoms with Crippen LogP contribution in [0.2, 0.25) is 0 Å². The zero-order chi connectivity index (χ0) is 23.8. The van der Waals surface area contributed by atoms with E-state index in [9.17, 15) is 9.59 Å². The van der Waals surface area contributed by atoms with E-state index in [2.05, 4.69) is 20.3 Å². The van der Waals surface area contributed by atoms with Crippen LogP contribution < -0.4 is 11.1 Å². The van der Waals surface area contributed by atoms with E-state index in [0.717, 1.165) is 33.3 Å². The molecule has 0 saturated heterocycles. The quantitative estimate of drug-likeness (QED) is 0.345. The topological polar surface area (TPSA) is 111 Å². The number of pyridine rings is 1. The Morgan fingerprint density at radius 2 is 1.79 bits per heavy atom. The number of hydrogen-bond donors (Lipinski definition) is 2. The van der Waals surface area contributed by atoms with Gasteiger partial charge in [0.15, 0.2) is 5.78 Å². The van der Waals surface area contributed by atoms with Gasteiger partial charge in [-0.2, -0.15) is 0 Å². The fourth-order valence-corrected chi connectivity index (χ4v) is 4.90. The van der Waals surface area contributed by atoms with Gasteiger partial charge in [0.2, 0.25) is 0 Å². The predicted octanol–water partition coefficient (Wildman–Crippen LogP) is 5.18. The number of fused-ring (bicyclic) bond motifs is 2. The molecule has 0 unspecified atom stereocenters. The lowest BCUT2D eigenvalue weighted by Gasteiger charge is -2.14. The molecule has 0 aliphatic rings. The highest BCUT2D eigenvalue weighted by Crippen LogP contribution is 2.32. The number of rotatable bonds is 5. The zero-order valence-corrected chi connectivity index (χ0v) is 19.4. The summed E-state index contributed by atoms with van der Waals surface area (Å²) in [6.07, 6.45) is 3.73. The molecule has 0 saturated carbocycles. The average molecular weight is 468 g/mol. The normalized spacial score (nSPS) is 11.1. The summed E-state index contributed by atoms with van der Waals surface area (Å²) in [7, 11) is 0. The summed E-state index contributed by atoms with van der Waals surface area (Å²) in [6.45, 7) is 3.52. The molecule has 5 aromatic rings. The Bertz CT molecular complexity index is 1570. The summed E-state index contributed by atoms with van der Waals surface area (Å²) in [5.74, 6) is 0.152. The van der Waals surface area contributed by atoms with Crippen molar-refractivity contribution < 1.29 is 9.59 Å². The van der Waals surface area contributed by atoms with Gasteiger partial charge in [-0.25, -0.2) is 9.97 Å². The number of nitrogens with two attached hydrogens (primary N) is 1. The lowest BCUT2D eigenvalue weighted by atomic mass is 9.99. The third-order valence-electron chi connectivity index (χ3n) is 5.83. The second-order valence-electron chi connectivity index (χ2n) is 8.08. The minimum Gasteiger partial charge on any atom is -0.382 e. The number of ketones is 1. The van der Waals surface area contributed by atoms with Crippen molar-refractivity contribution >= 4 is 55.5 Å². The molecule has 1 amide bonds. The summed E-state index contributed by atoms with van der Waals surface area (Å²) in [5, 5.41) is 6.70. The van der Waals surface area contributed by atoms with E-state index in [4.69, 9.17) is 5.73 Å². The fourth-order valence-electron chi connectivity index (χ4n) is 3.99. The van der Waals surface area contributed by atoms with Crippen molar-refractivity contribution in [1.29, 1.82) is 0 Å². The van der Waals surface area contributed by atoms with Crippen LogP contribution in [0.3, 0.4) is 0 Å². The average Bonchev–Trinajstić information content (AvgIpc) is 3.27. The van der Waals surface area contributed by atoms with Crippen LogP contribution in [0.5, 0.6) is 0 Å². The molecule has 0 fully saturated rings. The number of aryl methyl sites for hydroxylation is 1. The van der Waals surface area contributed by atoms with Crippen LogP contribution in [0.4, 0.5) is 11.5 Å². The smallest absolute Gasteiger partial charge is 0.258 e. The number of aromatic nitrogens is 3. The van der Waals surface area contributed by atoms with Gasteiger partial charge in [0.1, 0.15) is 12.1 Å². The van der Waals surface area contributed by atoms with Gasteiger partial charge in [0.05, 0.1) is 27.2 Å². The fraction of sp³-hybridized carbons (Fsp3) is 0.115. The molecule has 8 heteroatoms. The maximum atomic E-state index is 13.2. The van der Waals surface area contributed by atoms with Crippen LogP contribution in [0.25, 0.3) is 21.0 Å². The maximum Gasteiger partial charge on any atom is 0.258 e. The van der Waals surface area contributed by atoms with Gasteiger partial charge in [0.25, 0.3) is 5.91 Å². The molecule has 3 heterocycles. The number of nitrogens with zero attached hydrogens (tertiary/aromatic N) is 3. The summed E-state index contributed by atoms with van der Waals surface area (Å²) in [5.41, 5.74) is 11.2. The third kappa shape index (κ3) is 3.88. The maximum absolute atomic E-state index is 13.2. The first-order valence-corrected chi connectivity index (χ1v) is 11.6. The first-order chi connectivity index (χ1) is 16.4. The number of anilines is 2. The Labute approximate surface area is 199 Å². The molecule has 0 atom stereocenters.